The summed E-state index contributed by atoms with van der Waals surface area (Å²) in [5.74, 6) is -0.684. The van der Waals surface area contributed by atoms with Gasteiger partial charge in [0.15, 0.2) is 0 Å². The highest BCUT2D eigenvalue weighted by Gasteiger charge is 2.46. The van der Waals surface area contributed by atoms with Crippen LogP contribution in [0.3, 0.4) is 0 Å². The quantitative estimate of drug-likeness (QED) is 0.562. The van der Waals surface area contributed by atoms with E-state index in [0.717, 1.165) is 6.42 Å². The van der Waals surface area contributed by atoms with E-state index < -0.39 is 29.7 Å². The highest BCUT2D eigenvalue weighted by molar-refractivity contribution is 5.90. The number of hydrogen-bond acceptors (Lipinski definition) is 6. The van der Waals surface area contributed by atoms with Gasteiger partial charge in [-0.05, 0) is 40.3 Å². The van der Waals surface area contributed by atoms with Crippen LogP contribution >= 0.6 is 0 Å². The van der Waals surface area contributed by atoms with Gasteiger partial charge in [0.05, 0.1) is 13.2 Å². The molecule has 0 bridgehead atoms. The number of rotatable bonds is 3. The van der Waals surface area contributed by atoms with Gasteiger partial charge in [-0.3, -0.25) is 14.7 Å². The van der Waals surface area contributed by atoms with Gasteiger partial charge in [-0.25, -0.2) is 9.59 Å². The van der Waals surface area contributed by atoms with Gasteiger partial charge < -0.3 is 14.4 Å². The van der Waals surface area contributed by atoms with E-state index in [1.807, 2.05) is 0 Å². The predicted molar refractivity (Wildman–Crippen MR) is 91.4 cm³/mol. The van der Waals surface area contributed by atoms with E-state index in [1.54, 1.807) is 20.8 Å². The van der Waals surface area contributed by atoms with Crippen molar-refractivity contribution >= 4 is 24.7 Å². The van der Waals surface area contributed by atoms with E-state index in [1.165, 1.54) is 16.9 Å². The maximum atomic E-state index is 13.0. The van der Waals surface area contributed by atoms with E-state index in [9.17, 15) is 14.4 Å². The second-order valence-corrected chi connectivity index (χ2v) is 7.43. The Kier molecular flexibility index (Phi) is 5.69. The molecule has 25 heavy (non-hydrogen) atoms. The predicted octanol–water partition coefficient (Wildman–Crippen LogP) is 1.23. The van der Waals surface area contributed by atoms with Gasteiger partial charge in [0.1, 0.15) is 17.7 Å². The fraction of sp³-hybridized carbons (Fsp3) is 0.765. The molecule has 2 aliphatic rings. The minimum Gasteiger partial charge on any atom is -0.467 e. The van der Waals surface area contributed by atoms with Crippen molar-refractivity contribution in [1.82, 2.24) is 9.80 Å². The summed E-state index contributed by atoms with van der Waals surface area (Å²) < 4.78 is 10.2. The zero-order valence-corrected chi connectivity index (χ0v) is 15.4. The van der Waals surface area contributed by atoms with E-state index in [4.69, 9.17) is 9.47 Å². The molecule has 8 heteroatoms. The molecular formula is C17H27N3O5. The summed E-state index contributed by atoms with van der Waals surface area (Å²) in [5, 5.41) is 0. The van der Waals surface area contributed by atoms with Gasteiger partial charge in [-0.1, -0.05) is 0 Å². The molecule has 2 heterocycles. The third-order valence-electron chi connectivity index (χ3n) is 4.46. The summed E-state index contributed by atoms with van der Waals surface area (Å²) >= 11 is 0. The number of aliphatic imine (C=N–C) groups is 1. The maximum absolute atomic E-state index is 13.0. The number of carbonyl (C=O) groups excluding carboxylic acids is 3. The Hall–Kier alpha value is -2.12. The van der Waals surface area contributed by atoms with Crippen molar-refractivity contribution in [2.45, 2.75) is 63.8 Å². The lowest BCUT2D eigenvalue weighted by atomic mass is 10.1. The van der Waals surface area contributed by atoms with Crippen LogP contribution in [0.25, 0.3) is 0 Å². The second kappa shape index (κ2) is 7.41. The first-order chi connectivity index (χ1) is 11.7. The molecule has 3 atom stereocenters. The molecule has 0 aliphatic carbocycles. The third-order valence-corrected chi connectivity index (χ3v) is 4.46. The topological polar surface area (TPSA) is 88.5 Å². The lowest BCUT2D eigenvalue weighted by Gasteiger charge is -2.31. The molecule has 140 valence electrons. The molecule has 0 spiro atoms. The lowest BCUT2D eigenvalue weighted by molar-refractivity contribution is -0.152. The molecule has 0 N–H and O–H groups in total. The average molecular weight is 353 g/mol. The van der Waals surface area contributed by atoms with Crippen LogP contribution in [0.5, 0.6) is 0 Å². The summed E-state index contributed by atoms with van der Waals surface area (Å²) in [7, 11) is 1.31. The van der Waals surface area contributed by atoms with Crippen LogP contribution in [0.1, 0.15) is 40.0 Å². The summed E-state index contributed by atoms with van der Waals surface area (Å²) in [6, 6.07) is -1.51. The second-order valence-electron chi connectivity index (χ2n) is 7.43. The smallest absolute Gasteiger partial charge is 0.411 e. The van der Waals surface area contributed by atoms with Crippen molar-refractivity contribution in [3.8, 4) is 0 Å². The first-order valence-electron chi connectivity index (χ1n) is 8.51. The monoisotopic (exact) mass is 353 g/mol. The number of likely N-dealkylation sites (tertiary alicyclic amines) is 2. The minimum absolute atomic E-state index is 0.222. The van der Waals surface area contributed by atoms with Gasteiger partial charge in [0.25, 0.3) is 0 Å². The molecular weight excluding hydrogens is 326 g/mol. The number of carbonyl (C=O) groups is 3. The Morgan fingerprint density at radius 3 is 2.40 bits per heavy atom. The Morgan fingerprint density at radius 1 is 1.16 bits per heavy atom. The summed E-state index contributed by atoms with van der Waals surface area (Å²) in [6.07, 6.45) is 1.13. The van der Waals surface area contributed by atoms with Crippen LogP contribution < -0.4 is 0 Å². The van der Waals surface area contributed by atoms with E-state index >= 15 is 0 Å². The Labute approximate surface area is 148 Å². The van der Waals surface area contributed by atoms with Crippen LogP contribution in [-0.2, 0) is 19.1 Å². The number of ether oxygens (including phenoxy) is 2. The molecule has 2 saturated heterocycles. The SMILES string of the molecule is C=N[C@@H]1C[C@@H](C(=O)N2CCC[C@H]2C(=O)OC)N(C(=O)OC(C)(C)C)C1. The van der Waals surface area contributed by atoms with Crippen molar-refractivity contribution in [1.29, 1.82) is 0 Å². The van der Waals surface area contributed by atoms with Crippen molar-refractivity contribution in [2.75, 3.05) is 20.2 Å². The highest BCUT2D eigenvalue weighted by atomic mass is 16.6. The van der Waals surface area contributed by atoms with E-state index in [2.05, 4.69) is 11.7 Å². The molecule has 2 aliphatic heterocycles. The van der Waals surface area contributed by atoms with Crippen LogP contribution in [0.4, 0.5) is 4.79 Å². The number of methoxy groups -OCH3 is 1. The highest BCUT2D eigenvalue weighted by Crippen LogP contribution is 2.28. The van der Waals surface area contributed by atoms with Gasteiger partial charge >= 0.3 is 12.1 Å². The summed E-state index contributed by atoms with van der Waals surface area (Å²) in [5.41, 5.74) is -0.660. The fourth-order valence-electron chi connectivity index (χ4n) is 3.31. The Bertz CT molecular complexity index is 557. The molecule has 0 aromatic heterocycles. The van der Waals surface area contributed by atoms with Crippen molar-refractivity contribution in [3.05, 3.63) is 0 Å². The standard InChI is InChI=1S/C17H27N3O5/c1-17(2,3)25-16(23)20-10-11(18-4)9-13(20)14(21)19-8-6-7-12(19)15(22)24-5/h11-13H,4,6-10H2,1-3,5H3/t11-,12+,13+/m1/s1. The summed E-state index contributed by atoms with van der Waals surface area (Å²) in [4.78, 5) is 44.3. The Balaban J connectivity index is 2.18. The van der Waals surface area contributed by atoms with Crippen LogP contribution in [0.15, 0.2) is 4.99 Å². The third kappa shape index (κ3) is 4.29. The number of amides is 2. The first kappa shape index (κ1) is 19.2. The molecule has 0 aromatic rings. The zero-order valence-electron chi connectivity index (χ0n) is 15.4. The molecule has 2 fully saturated rings. The molecule has 0 unspecified atom stereocenters. The first-order valence-corrected chi connectivity index (χ1v) is 8.51. The number of hydrogen-bond donors (Lipinski definition) is 0. The molecule has 2 amide bonds. The molecule has 0 aromatic carbocycles. The van der Waals surface area contributed by atoms with Crippen molar-refractivity contribution in [3.63, 3.8) is 0 Å². The van der Waals surface area contributed by atoms with E-state index in [0.29, 0.717) is 19.4 Å². The van der Waals surface area contributed by atoms with Gasteiger partial charge in [0.2, 0.25) is 5.91 Å². The van der Waals surface area contributed by atoms with Gasteiger partial charge in [-0.2, -0.15) is 0 Å². The molecule has 8 nitrogen and oxygen atoms in total. The van der Waals surface area contributed by atoms with Gasteiger partial charge in [0, 0.05) is 19.5 Å². The van der Waals surface area contributed by atoms with Crippen LogP contribution in [-0.4, -0.2) is 78.4 Å². The van der Waals surface area contributed by atoms with Crippen LogP contribution in [0.2, 0.25) is 0 Å². The van der Waals surface area contributed by atoms with Crippen molar-refractivity contribution in [2.24, 2.45) is 4.99 Å². The number of esters is 1. The van der Waals surface area contributed by atoms with Crippen molar-refractivity contribution < 1.29 is 23.9 Å². The maximum Gasteiger partial charge on any atom is 0.411 e. The Morgan fingerprint density at radius 2 is 1.84 bits per heavy atom. The largest absolute Gasteiger partial charge is 0.467 e. The number of nitrogens with zero attached hydrogens (tertiary/aromatic N) is 3. The summed E-state index contributed by atoms with van der Waals surface area (Å²) in [6.45, 7) is 9.61. The normalized spacial score (nSPS) is 26.5. The molecule has 2 rings (SSSR count). The molecule has 0 saturated carbocycles. The molecule has 0 radical (unpaired) electrons. The van der Waals surface area contributed by atoms with E-state index in [-0.39, 0.29) is 18.5 Å². The average Bonchev–Trinajstić information content (AvgIpc) is 3.18. The lowest BCUT2D eigenvalue weighted by Crippen LogP contribution is -2.51. The minimum atomic E-state index is -0.699. The fourth-order valence-corrected chi connectivity index (χ4v) is 3.31. The zero-order chi connectivity index (χ0) is 18.8. The van der Waals surface area contributed by atoms with Gasteiger partial charge in [-0.15, -0.1) is 0 Å². The van der Waals surface area contributed by atoms with Crippen LogP contribution in [0, 0.1) is 0 Å².